The summed E-state index contributed by atoms with van der Waals surface area (Å²) in [6, 6.07) is 6.89. The first-order valence-electron chi connectivity index (χ1n) is 6.21. The number of rotatable bonds is 4. The normalized spacial score (nSPS) is 15.6. The molecule has 5 heteroatoms. The van der Waals surface area contributed by atoms with Crippen molar-refractivity contribution in [3.8, 4) is 0 Å². The van der Waals surface area contributed by atoms with Crippen molar-refractivity contribution in [3.63, 3.8) is 0 Å². The van der Waals surface area contributed by atoms with Gasteiger partial charge in [0.2, 0.25) is 0 Å². The largest absolute Gasteiger partial charge is 0.271 e. The predicted octanol–water partition coefficient (Wildman–Crippen LogP) is 1.77. The summed E-state index contributed by atoms with van der Waals surface area (Å²) in [6.45, 7) is 0. The van der Waals surface area contributed by atoms with E-state index < -0.39 is 0 Å². The summed E-state index contributed by atoms with van der Waals surface area (Å²) < 4.78 is 3.89. The average Bonchev–Trinajstić information content (AvgIpc) is 3.06. The lowest BCUT2D eigenvalue weighted by molar-refractivity contribution is 0.559. The Morgan fingerprint density at radius 1 is 1.33 bits per heavy atom. The molecule has 1 unspecified atom stereocenters. The number of nitrogens with zero attached hydrogens (tertiary/aromatic N) is 2. The highest BCUT2D eigenvalue weighted by molar-refractivity contribution is 7.05. The van der Waals surface area contributed by atoms with Crippen molar-refractivity contribution < 1.29 is 0 Å². The summed E-state index contributed by atoms with van der Waals surface area (Å²) in [5, 5.41) is 3.86. The standard InChI is InChI=1S/C13H16N4S/c14-16-12(13-8-15-17-18-13)7-9-4-5-10-2-1-3-11(10)6-9/h4-6,8,12,16H,1-3,7,14H2. The van der Waals surface area contributed by atoms with E-state index in [1.54, 1.807) is 6.20 Å². The SMILES string of the molecule is NNC(Cc1ccc2c(c1)CCC2)c1cnns1. The van der Waals surface area contributed by atoms with Crippen LogP contribution in [0.3, 0.4) is 0 Å². The van der Waals surface area contributed by atoms with Crippen LogP contribution in [-0.2, 0) is 19.3 Å². The molecule has 3 rings (SSSR count). The van der Waals surface area contributed by atoms with E-state index in [4.69, 9.17) is 5.84 Å². The van der Waals surface area contributed by atoms with Gasteiger partial charge in [-0.05, 0) is 53.9 Å². The zero-order valence-corrected chi connectivity index (χ0v) is 10.9. The molecule has 1 aromatic heterocycles. The minimum Gasteiger partial charge on any atom is -0.271 e. The van der Waals surface area contributed by atoms with Gasteiger partial charge in [-0.15, -0.1) is 5.10 Å². The molecule has 4 nitrogen and oxygen atoms in total. The molecule has 94 valence electrons. The van der Waals surface area contributed by atoms with Crippen LogP contribution in [0.25, 0.3) is 0 Å². The van der Waals surface area contributed by atoms with E-state index in [0.29, 0.717) is 0 Å². The molecule has 3 N–H and O–H groups in total. The molecule has 0 aliphatic heterocycles. The monoisotopic (exact) mass is 260 g/mol. The second-order valence-electron chi connectivity index (χ2n) is 4.70. The average molecular weight is 260 g/mol. The van der Waals surface area contributed by atoms with Gasteiger partial charge >= 0.3 is 0 Å². The van der Waals surface area contributed by atoms with Crippen LogP contribution in [0.2, 0.25) is 0 Å². The summed E-state index contributed by atoms with van der Waals surface area (Å²) in [5.41, 5.74) is 7.19. The van der Waals surface area contributed by atoms with Gasteiger partial charge in [0.15, 0.2) is 0 Å². The van der Waals surface area contributed by atoms with Gasteiger partial charge < -0.3 is 0 Å². The number of hydrogen-bond donors (Lipinski definition) is 2. The molecule has 0 saturated carbocycles. The minimum absolute atomic E-state index is 0.101. The van der Waals surface area contributed by atoms with Crippen LogP contribution >= 0.6 is 11.5 Å². The third-order valence-corrected chi connectivity index (χ3v) is 4.30. The Labute approximate surface area is 110 Å². The van der Waals surface area contributed by atoms with Crippen LogP contribution in [-0.4, -0.2) is 9.59 Å². The number of hydrazine groups is 1. The Hall–Kier alpha value is -1.30. The van der Waals surface area contributed by atoms with E-state index in [1.807, 2.05) is 0 Å². The van der Waals surface area contributed by atoms with E-state index >= 15 is 0 Å². The first kappa shape index (κ1) is 11.8. The second kappa shape index (κ2) is 5.14. The maximum atomic E-state index is 5.63. The van der Waals surface area contributed by atoms with Crippen LogP contribution in [0.1, 0.15) is 34.0 Å². The van der Waals surface area contributed by atoms with Gasteiger partial charge in [-0.3, -0.25) is 11.3 Å². The Balaban J connectivity index is 1.79. The van der Waals surface area contributed by atoms with E-state index in [0.717, 1.165) is 11.3 Å². The molecular formula is C13H16N4S. The maximum Gasteiger partial charge on any atom is 0.0670 e. The van der Waals surface area contributed by atoms with Crippen LogP contribution in [0.4, 0.5) is 0 Å². The Morgan fingerprint density at radius 3 is 3.00 bits per heavy atom. The quantitative estimate of drug-likeness (QED) is 0.649. The molecule has 0 fully saturated rings. The number of aryl methyl sites for hydroxylation is 2. The van der Waals surface area contributed by atoms with Crippen molar-refractivity contribution in [1.29, 1.82) is 0 Å². The van der Waals surface area contributed by atoms with Gasteiger partial charge in [-0.2, -0.15) is 0 Å². The van der Waals surface area contributed by atoms with Crippen molar-refractivity contribution in [1.82, 2.24) is 15.0 Å². The first-order chi connectivity index (χ1) is 8.86. The summed E-state index contributed by atoms with van der Waals surface area (Å²) in [5.74, 6) is 5.63. The molecule has 1 heterocycles. The first-order valence-corrected chi connectivity index (χ1v) is 6.98. The third kappa shape index (κ3) is 2.29. The lowest BCUT2D eigenvalue weighted by Crippen LogP contribution is -2.29. The number of aromatic nitrogens is 2. The summed E-state index contributed by atoms with van der Waals surface area (Å²) >= 11 is 1.40. The smallest absolute Gasteiger partial charge is 0.0670 e. The maximum absolute atomic E-state index is 5.63. The lowest BCUT2D eigenvalue weighted by atomic mass is 10.0. The van der Waals surface area contributed by atoms with Gasteiger partial charge in [0.25, 0.3) is 0 Å². The molecule has 18 heavy (non-hydrogen) atoms. The highest BCUT2D eigenvalue weighted by atomic mass is 32.1. The van der Waals surface area contributed by atoms with Crippen LogP contribution < -0.4 is 11.3 Å². The summed E-state index contributed by atoms with van der Waals surface area (Å²) in [7, 11) is 0. The fraction of sp³-hybridized carbons (Fsp3) is 0.385. The molecule has 1 aromatic carbocycles. The number of nitrogens with two attached hydrogens (primary N) is 1. The molecule has 0 spiro atoms. The van der Waals surface area contributed by atoms with E-state index in [1.165, 1.54) is 47.5 Å². The van der Waals surface area contributed by atoms with Gasteiger partial charge in [0, 0.05) is 0 Å². The van der Waals surface area contributed by atoms with Crippen molar-refractivity contribution in [2.24, 2.45) is 5.84 Å². The Morgan fingerprint density at radius 2 is 2.22 bits per heavy atom. The molecule has 0 bridgehead atoms. The lowest BCUT2D eigenvalue weighted by Gasteiger charge is -2.14. The van der Waals surface area contributed by atoms with E-state index in [2.05, 4.69) is 33.2 Å². The molecule has 1 aliphatic carbocycles. The highest BCUT2D eigenvalue weighted by Gasteiger charge is 2.15. The molecule has 1 aliphatic rings. The van der Waals surface area contributed by atoms with E-state index in [9.17, 15) is 0 Å². The fourth-order valence-electron chi connectivity index (χ4n) is 2.56. The third-order valence-electron chi connectivity index (χ3n) is 3.53. The van der Waals surface area contributed by atoms with Crippen LogP contribution in [0, 0.1) is 0 Å². The number of nitrogens with one attached hydrogen (secondary N) is 1. The van der Waals surface area contributed by atoms with Crippen molar-refractivity contribution in [2.75, 3.05) is 0 Å². The topological polar surface area (TPSA) is 63.8 Å². The number of fused-ring (bicyclic) bond motifs is 1. The molecule has 0 radical (unpaired) electrons. The number of hydrogen-bond acceptors (Lipinski definition) is 5. The van der Waals surface area contributed by atoms with Gasteiger partial charge in [-0.25, -0.2) is 0 Å². The zero-order valence-electron chi connectivity index (χ0n) is 10.1. The highest BCUT2D eigenvalue weighted by Crippen LogP contribution is 2.25. The molecule has 0 amide bonds. The van der Waals surface area contributed by atoms with Crippen LogP contribution in [0.5, 0.6) is 0 Å². The molecule has 2 aromatic rings. The summed E-state index contributed by atoms with van der Waals surface area (Å²) in [6.07, 6.45) is 6.39. The van der Waals surface area contributed by atoms with Gasteiger partial charge in [0.1, 0.15) is 0 Å². The number of benzene rings is 1. The second-order valence-corrected chi connectivity index (χ2v) is 5.52. The van der Waals surface area contributed by atoms with Gasteiger partial charge in [-0.1, -0.05) is 22.7 Å². The fourth-order valence-corrected chi connectivity index (χ4v) is 3.12. The molecule has 0 saturated heterocycles. The predicted molar refractivity (Wildman–Crippen MR) is 72.1 cm³/mol. The van der Waals surface area contributed by atoms with Gasteiger partial charge in [0.05, 0.1) is 17.1 Å². The van der Waals surface area contributed by atoms with Crippen molar-refractivity contribution >= 4 is 11.5 Å². The Kier molecular flexibility index (Phi) is 3.36. The molecular weight excluding hydrogens is 244 g/mol. The van der Waals surface area contributed by atoms with E-state index in [-0.39, 0.29) is 6.04 Å². The summed E-state index contributed by atoms with van der Waals surface area (Å²) in [4.78, 5) is 1.08. The minimum atomic E-state index is 0.101. The van der Waals surface area contributed by atoms with Crippen molar-refractivity contribution in [2.45, 2.75) is 31.7 Å². The Bertz CT molecular complexity index is 524. The molecule has 1 atom stereocenters. The van der Waals surface area contributed by atoms with Crippen LogP contribution in [0.15, 0.2) is 24.4 Å². The van der Waals surface area contributed by atoms with Crippen molar-refractivity contribution in [3.05, 3.63) is 46.0 Å². The zero-order chi connectivity index (χ0) is 12.4.